The Balaban J connectivity index is -0.000000683. The number of hydrogen-bond acceptors (Lipinski definition) is 15. The second kappa shape index (κ2) is 32.4. The molecule has 0 aromatic heterocycles. The maximum absolute atomic E-state index is 11.0. The fourth-order valence-electron chi connectivity index (χ4n) is 2.21. The van der Waals surface area contributed by atoms with Crippen LogP contribution in [0.1, 0.15) is 54.4 Å². The molecular formula is C36H54O15. The summed E-state index contributed by atoms with van der Waals surface area (Å²) in [6.45, 7) is 31.8. The standard InChI is InChI=1S/C14H22O5.C12H18O5.C10H14O5/c1-11(2)13(15)18-9-5-7-17-8-6-10-19-14(16)12(3)4;1-9(2)11(13)16-7-5-15-6-8-17-12(14)10(3)4;1-7(2)9(11)14-5-13-6-15-10(12)8(3)4/h1,3,5-10H2,2,4H3;1,3,5-8H2,2,4H3;1,3,5-6H2,2,4H3. The second-order valence-electron chi connectivity index (χ2n) is 10.5. The maximum atomic E-state index is 11.0. The SMILES string of the molecule is C=C(C)C(=O)OCCCOCCCOC(=O)C(=C)C.C=C(C)C(=O)OCCOCCOC(=O)C(=C)C.C=C(C)C(=O)OCOCOC(=O)C(=C)C. The van der Waals surface area contributed by atoms with Crippen molar-refractivity contribution in [2.75, 3.05) is 66.4 Å². The minimum Gasteiger partial charge on any atom is -0.462 e. The van der Waals surface area contributed by atoms with Crippen LogP contribution < -0.4 is 0 Å². The van der Waals surface area contributed by atoms with Gasteiger partial charge in [0.25, 0.3) is 0 Å². The number of esters is 6. The highest BCUT2D eigenvalue weighted by Gasteiger charge is 2.06. The van der Waals surface area contributed by atoms with Crippen LogP contribution in [-0.2, 0) is 71.4 Å². The largest absolute Gasteiger partial charge is 0.462 e. The zero-order chi connectivity index (χ0) is 39.8. The third-order valence-corrected chi connectivity index (χ3v) is 4.89. The number of carbonyl (C=O) groups excluding carboxylic acids is 6. The quantitative estimate of drug-likeness (QED) is 0.0447. The summed E-state index contributed by atoms with van der Waals surface area (Å²) >= 11 is 0. The van der Waals surface area contributed by atoms with Gasteiger partial charge in [-0.3, -0.25) is 0 Å². The monoisotopic (exact) mass is 726 g/mol. The molecule has 288 valence electrons. The molecule has 0 aliphatic rings. The maximum Gasteiger partial charge on any atom is 0.335 e. The molecule has 0 aromatic rings. The van der Waals surface area contributed by atoms with Gasteiger partial charge in [-0.15, -0.1) is 0 Å². The van der Waals surface area contributed by atoms with Crippen LogP contribution >= 0.6 is 0 Å². The smallest absolute Gasteiger partial charge is 0.335 e. The lowest BCUT2D eigenvalue weighted by atomic mass is 10.3. The molecule has 0 aliphatic carbocycles. The molecule has 0 aromatic carbocycles. The Bertz CT molecular complexity index is 1120. The summed E-state index contributed by atoms with van der Waals surface area (Å²) in [7, 11) is 0. The van der Waals surface area contributed by atoms with Gasteiger partial charge in [0.1, 0.15) is 13.2 Å². The first-order valence-corrected chi connectivity index (χ1v) is 15.5. The van der Waals surface area contributed by atoms with Gasteiger partial charge in [0.05, 0.1) is 26.4 Å². The van der Waals surface area contributed by atoms with E-state index in [-0.39, 0.29) is 63.1 Å². The fourth-order valence-corrected chi connectivity index (χ4v) is 2.21. The molecular weight excluding hydrogens is 672 g/mol. The summed E-state index contributed by atoms with van der Waals surface area (Å²) in [5, 5.41) is 0. The van der Waals surface area contributed by atoms with Crippen LogP contribution in [0.4, 0.5) is 0 Å². The molecule has 0 atom stereocenters. The van der Waals surface area contributed by atoms with E-state index in [1.807, 2.05) is 0 Å². The fraction of sp³-hybridized carbons (Fsp3) is 0.500. The van der Waals surface area contributed by atoms with E-state index in [4.69, 9.17) is 33.2 Å². The lowest BCUT2D eigenvalue weighted by molar-refractivity contribution is -0.171. The number of hydrogen-bond donors (Lipinski definition) is 0. The molecule has 0 saturated heterocycles. The Kier molecular flexibility index (Phi) is 32.0. The average Bonchev–Trinajstić information content (AvgIpc) is 3.06. The molecule has 0 fully saturated rings. The van der Waals surface area contributed by atoms with E-state index >= 15 is 0 Å². The van der Waals surface area contributed by atoms with Gasteiger partial charge >= 0.3 is 35.8 Å². The van der Waals surface area contributed by atoms with Crippen molar-refractivity contribution >= 4 is 35.8 Å². The van der Waals surface area contributed by atoms with Crippen molar-refractivity contribution in [1.82, 2.24) is 0 Å². The summed E-state index contributed by atoms with van der Waals surface area (Å²) in [6, 6.07) is 0. The summed E-state index contributed by atoms with van der Waals surface area (Å²) in [5.41, 5.74) is 2.02. The topological polar surface area (TPSA) is 185 Å². The van der Waals surface area contributed by atoms with Crippen molar-refractivity contribution in [1.29, 1.82) is 0 Å². The zero-order valence-electron chi connectivity index (χ0n) is 30.9. The highest BCUT2D eigenvalue weighted by atomic mass is 16.8. The lowest BCUT2D eigenvalue weighted by Gasteiger charge is -2.06. The predicted molar refractivity (Wildman–Crippen MR) is 187 cm³/mol. The van der Waals surface area contributed by atoms with E-state index in [0.29, 0.717) is 61.6 Å². The Morgan fingerprint density at radius 1 is 0.314 bits per heavy atom. The van der Waals surface area contributed by atoms with Crippen LogP contribution in [0, 0.1) is 0 Å². The van der Waals surface area contributed by atoms with Gasteiger partial charge in [0.15, 0.2) is 13.6 Å². The van der Waals surface area contributed by atoms with Crippen LogP contribution in [0.25, 0.3) is 0 Å². The third kappa shape index (κ3) is 34.8. The van der Waals surface area contributed by atoms with Gasteiger partial charge in [-0.05, 0) is 41.5 Å². The number of carbonyl (C=O) groups is 6. The van der Waals surface area contributed by atoms with Crippen molar-refractivity contribution in [2.45, 2.75) is 54.4 Å². The van der Waals surface area contributed by atoms with Crippen LogP contribution in [0.15, 0.2) is 72.9 Å². The Morgan fingerprint density at radius 2 is 0.549 bits per heavy atom. The summed E-state index contributed by atoms with van der Waals surface area (Å²) in [4.78, 5) is 65.6. The molecule has 0 aliphatic heterocycles. The normalized spacial score (nSPS) is 9.53. The molecule has 0 bridgehead atoms. The van der Waals surface area contributed by atoms with E-state index < -0.39 is 23.9 Å². The van der Waals surface area contributed by atoms with Gasteiger partial charge < -0.3 is 42.6 Å². The van der Waals surface area contributed by atoms with Crippen molar-refractivity contribution < 1.29 is 71.4 Å². The van der Waals surface area contributed by atoms with Gasteiger partial charge in [-0.1, -0.05) is 39.5 Å². The second-order valence-corrected chi connectivity index (χ2v) is 10.5. The molecule has 0 saturated carbocycles. The molecule has 51 heavy (non-hydrogen) atoms. The van der Waals surface area contributed by atoms with E-state index in [1.54, 1.807) is 27.7 Å². The van der Waals surface area contributed by atoms with E-state index in [9.17, 15) is 28.8 Å². The molecule has 0 amide bonds. The predicted octanol–water partition coefficient (Wildman–Crippen LogP) is 4.42. The average molecular weight is 727 g/mol. The molecule has 0 rings (SSSR count). The Labute approximate surface area is 300 Å². The number of rotatable bonds is 24. The number of ether oxygens (including phenoxy) is 9. The van der Waals surface area contributed by atoms with E-state index in [0.717, 1.165) is 0 Å². The van der Waals surface area contributed by atoms with Crippen LogP contribution in [0.3, 0.4) is 0 Å². The van der Waals surface area contributed by atoms with Gasteiger partial charge in [0, 0.05) is 59.5 Å². The molecule has 0 spiro atoms. The zero-order valence-corrected chi connectivity index (χ0v) is 30.9. The lowest BCUT2D eigenvalue weighted by Crippen LogP contribution is -2.14. The van der Waals surface area contributed by atoms with Crippen molar-refractivity contribution in [2.24, 2.45) is 0 Å². The Hall–Kier alpha value is -4.86. The van der Waals surface area contributed by atoms with Crippen LogP contribution in [0.5, 0.6) is 0 Å². The molecule has 15 heteroatoms. The highest BCUT2D eigenvalue weighted by Crippen LogP contribution is 1.98. The first-order chi connectivity index (χ1) is 23.8. The van der Waals surface area contributed by atoms with Crippen molar-refractivity contribution in [3.63, 3.8) is 0 Å². The minimum absolute atomic E-state index is 0.153. The molecule has 15 nitrogen and oxygen atoms in total. The molecule has 0 heterocycles. The van der Waals surface area contributed by atoms with Gasteiger partial charge in [-0.25, -0.2) is 28.8 Å². The van der Waals surface area contributed by atoms with E-state index in [1.165, 1.54) is 13.8 Å². The van der Waals surface area contributed by atoms with Crippen LogP contribution in [-0.4, -0.2) is 102 Å². The summed E-state index contributed by atoms with van der Waals surface area (Å²) in [5.74, 6) is -2.76. The Morgan fingerprint density at radius 3 is 0.824 bits per heavy atom. The van der Waals surface area contributed by atoms with E-state index in [2.05, 4.69) is 48.9 Å². The summed E-state index contributed by atoms with van der Waals surface area (Å²) in [6.07, 6.45) is 1.26. The third-order valence-electron chi connectivity index (χ3n) is 4.89. The molecule has 0 unspecified atom stereocenters. The van der Waals surface area contributed by atoms with Crippen molar-refractivity contribution in [3.05, 3.63) is 72.9 Å². The minimum atomic E-state index is -0.554. The highest BCUT2D eigenvalue weighted by molar-refractivity contribution is 5.88. The molecule has 0 N–H and O–H groups in total. The first kappa shape index (κ1) is 50.5. The summed E-state index contributed by atoms with van der Waals surface area (Å²) < 4.78 is 43.6. The first-order valence-electron chi connectivity index (χ1n) is 15.5. The van der Waals surface area contributed by atoms with Gasteiger partial charge in [0.2, 0.25) is 0 Å². The molecule has 0 radical (unpaired) electrons. The van der Waals surface area contributed by atoms with Crippen LogP contribution in [0.2, 0.25) is 0 Å². The van der Waals surface area contributed by atoms with Gasteiger partial charge in [-0.2, -0.15) is 0 Å². The van der Waals surface area contributed by atoms with Crippen molar-refractivity contribution in [3.8, 4) is 0 Å².